The van der Waals surface area contributed by atoms with Crippen molar-refractivity contribution in [2.24, 2.45) is 142 Å². The first-order valence-corrected chi connectivity index (χ1v) is 66.9. The van der Waals surface area contributed by atoms with Crippen molar-refractivity contribution in [3.8, 4) is 0 Å². The quantitative estimate of drug-likeness (QED) is 0.0208. The van der Waals surface area contributed by atoms with E-state index >= 15 is 0 Å². The molecule has 0 aromatic heterocycles. The van der Waals surface area contributed by atoms with Crippen LogP contribution in [-0.4, -0.2) is 201 Å². The van der Waals surface area contributed by atoms with E-state index in [-0.39, 0.29) is 0 Å². The molecule has 12 bridgehead atoms. The number of rotatable bonds is 42. The first-order chi connectivity index (χ1) is 56.0. The van der Waals surface area contributed by atoms with Gasteiger partial charge in [0.25, 0.3) is 0 Å². The fourth-order valence-electron chi connectivity index (χ4n) is 29.1. The summed E-state index contributed by atoms with van der Waals surface area (Å²) in [6, 6.07) is 0. The van der Waals surface area contributed by atoms with Gasteiger partial charge in [0.1, 0.15) is 0 Å². The van der Waals surface area contributed by atoms with Gasteiger partial charge in [-0.1, -0.05) is 0 Å². The standard InChI is InChI=1S/3C16H28S4.3C14H24S4/c17-5-1-7-19-14-4-3-12-13-9-11(16(12)14)10-15(13)20-8-2-6-18;17-5-1-7-19-14-4-3-12-11-9-13(16(12)14)15(10-11)20-8-2-6-18;17-3-1-5-19-12-9-13-11-7-15(14(13)10-12)16(8-11)20-6-2-4-18;15-1-3-17-10-7-11-9-5-13(12(11)8-10)14(6-9)18-4-2-16;15-3-5-17-12-2-1-10-11-7-9(14(10)12)8-13(11)18-6-4-16;15-3-5-17-12-2-1-10-9-7-11(14(10)12)13(8-9)18-6-4-16/h3*11-18H,1-10H2;3*9-16H,1-8H2. The molecule has 18 rings (SSSR count). The van der Waals surface area contributed by atoms with E-state index in [1.54, 1.807) is 44.9 Å². The Hall–Kier alpha value is 8.40. The molecule has 0 N–H and O–H groups in total. The van der Waals surface area contributed by atoms with Crippen molar-refractivity contribution in [2.75, 3.05) is 138 Å². The first-order valence-electron chi connectivity index (χ1n) is 46.8. The van der Waals surface area contributed by atoms with Gasteiger partial charge in [-0.3, -0.25) is 0 Å². The Morgan fingerprint density at radius 3 is 0.702 bits per heavy atom. The second-order valence-corrected chi connectivity index (χ2v) is 59.8. The highest BCUT2D eigenvalue weighted by atomic mass is 32.2. The molecule has 18 aliphatic rings. The van der Waals surface area contributed by atoms with Gasteiger partial charge in [-0.25, -0.2) is 0 Å². The van der Waals surface area contributed by atoms with Crippen molar-refractivity contribution >= 4 is 293 Å². The lowest BCUT2D eigenvalue weighted by molar-refractivity contribution is 0.266. The van der Waals surface area contributed by atoms with Gasteiger partial charge in [-0.15, -0.1) is 0 Å². The van der Waals surface area contributed by atoms with Crippen molar-refractivity contribution in [2.45, 2.75) is 256 Å². The summed E-state index contributed by atoms with van der Waals surface area (Å²) in [4.78, 5) is 0. The molecular formula is C90H156S24. The number of fused-ring (bicyclic) bond motifs is 30. The minimum absolute atomic E-state index is 0.964. The topological polar surface area (TPSA) is 0 Å². The lowest BCUT2D eigenvalue weighted by Crippen LogP contribution is -2.31. The summed E-state index contributed by atoms with van der Waals surface area (Å²) in [6.45, 7) is 0. The summed E-state index contributed by atoms with van der Waals surface area (Å²) in [7, 11) is 0. The molecule has 0 amide bonds. The lowest BCUT2D eigenvalue weighted by Gasteiger charge is -2.34. The van der Waals surface area contributed by atoms with Crippen molar-refractivity contribution in [1.29, 1.82) is 0 Å². The molecule has 18 fully saturated rings. The molecule has 0 spiro atoms. The zero-order valence-electron chi connectivity index (χ0n) is 69.2. The molecule has 0 aliphatic heterocycles. The third-order valence-corrected chi connectivity index (χ3v) is 55.0. The van der Waals surface area contributed by atoms with E-state index in [9.17, 15) is 0 Å². The predicted octanol–water partition coefficient (Wildman–Crippen LogP) is 27.0. The van der Waals surface area contributed by atoms with Gasteiger partial charge >= 0.3 is 0 Å². The molecule has 0 heterocycles. The second-order valence-electron chi connectivity index (χ2n) is 38.1. The van der Waals surface area contributed by atoms with Crippen LogP contribution in [0.15, 0.2) is 0 Å². The van der Waals surface area contributed by atoms with Crippen LogP contribution >= 0.6 is 293 Å². The van der Waals surface area contributed by atoms with Gasteiger partial charge < -0.3 is 0 Å². The highest BCUT2D eigenvalue weighted by Gasteiger charge is 2.62. The fraction of sp³-hybridized carbons (Fsp3) is 1.00. The number of thiol groups is 12. The summed E-state index contributed by atoms with van der Waals surface area (Å²) in [5.74, 6) is 54.1. The Balaban J connectivity index is 0.000000119. The monoisotopic (exact) mass is 2000 g/mol. The van der Waals surface area contributed by atoms with Crippen LogP contribution in [0.5, 0.6) is 0 Å². The highest BCUT2D eigenvalue weighted by molar-refractivity contribution is 8.03. The van der Waals surface area contributed by atoms with Crippen molar-refractivity contribution in [3.05, 3.63) is 0 Å². The van der Waals surface area contributed by atoms with E-state index < -0.39 is 0 Å². The molecule has 0 saturated heterocycles. The smallest absolute Gasteiger partial charge is 0.00816 e. The average molecular weight is 2010 g/mol. The second kappa shape index (κ2) is 52.9. The van der Waals surface area contributed by atoms with Crippen LogP contribution in [0.2, 0.25) is 0 Å². The highest BCUT2D eigenvalue weighted by Crippen LogP contribution is 2.69. The summed E-state index contributed by atoms with van der Waals surface area (Å²) in [5, 5.41) is 11.8. The molecule has 36 atom stereocenters. The summed E-state index contributed by atoms with van der Waals surface area (Å²) < 4.78 is 0. The van der Waals surface area contributed by atoms with Crippen LogP contribution in [0.1, 0.15) is 193 Å². The zero-order valence-corrected chi connectivity index (χ0v) is 89.8. The molecule has 24 heteroatoms. The van der Waals surface area contributed by atoms with Crippen molar-refractivity contribution < 1.29 is 0 Å². The maximum Gasteiger partial charge on any atom is 0.00816 e. The molecule has 114 heavy (non-hydrogen) atoms. The molecule has 0 aromatic rings. The minimum atomic E-state index is 0.964. The van der Waals surface area contributed by atoms with Gasteiger partial charge in [0.15, 0.2) is 0 Å². The van der Waals surface area contributed by atoms with Crippen molar-refractivity contribution in [3.63, 3.8) is 0 Å². The van der Waals surface area contributed by atoms with Gasteiger partial charge in [0.05, 0.1) is 0 Å². The summed E-state index contributed by atoms with van der Waals surface area (Å²) in [6.07, 6.45) is 44.5. The third kappa shape index (κ3) is 25.7. The molecular weight excluding hydrogens is 1850 g/mol. The van der Waals surface area contributed by atoms with E-state index in [0.717, 1.165) is 274 Å². The molecule has 0 aromatic carbocycles. The maximum atomic E-state index is 4.37. The molecule has 0 radical (unpaired) electrons. The molecule has 660 valence electrons. The van der Waals surface area contributed by atoms with Crippen LogP contribution in [0.4, 0.5) is 0 Å². The fourth-order valence-corrected chi connectivity index (χ4v) is 50.3. The zero-order chi connectivity index (χ0) is 79.5. The molecule has 18 aliphatic carbocycles. The Morgan fingerprint density at radius 2 is 0.368 bits per heavy atom. The lowest BCUT2D eigenvalue weighted by atomic mass is 9.81. The SMILES string of the molecule is SCCCSC1CC2C3CC(SCCCS)C(C3)C2C1.SCCCSC1CC2CC1C1C(SCCCS)CCC21.SCCCSC1CC2CC1C1CCC(SCCCS)C21.SCCSC1CC2C3CC(SCCS)C(C3)C2C1.SCCSC1CC2CC1C1C(SCCS)CCC21.SCCSC1CC2CC1C1CCC(SCCS)C21. The summed E-state index contributed by atoms with van der Waals surface area (Å²) >= 11 is 79.2. The molecule has 18 saturated carbocycles. The first kappa shape index (κ1) is 99.9. The largest absolute Gasteiger partial charge is 0.179 e. The normalized spacial score (nSPS) is 43.9. The van der Waals surface area contributed by atoms with Crippen LogP contribution < -0.4 is 0 Å². The van der Waals surface area contributed by atoms with Crippen LogP contribution in [0.3, 0.4) is 0 Å². The van der Waals surface area contributed by atoms with Crippen molar-refractivity contribution in [1.82, 2.24) is 0 Å². The van der Waals surface area contributed by atoms with E-state index in [2.05, 4.69) is 293 Å². The Bertz CT molecular complexity index is 2650. The van der Waals surface area contributed by atoms with Crippen LogP contribution in [0, 0.1) is 142 Å². The summed E-state index contributed by atoms with van der Waals surface area (Å²) in [5.41, 5.74) is 0. The number of hydrogen-bond acceptors (Lipinski definition) is 24. The Kier molecular flexibility index (Phi) is 46.3. The Morgan fingerprint density at radius 1 is 0.149 bits per heavy atom. The minimum Gasteiger partial charge on any atom is -0.179 e. The van der Waals surface area contributed by atoms with Gasteiger partial charge in [0, 0.05) is 97.5 Å². The maximum absolute atomic E-state index is 4.37. The van der Waals surface area contributed by atoms with E-state index in [1.165, 1.54) is 217 Å². The molecule has 0 nitrogen and oxygen atoms in total. The average Bonchev–Trinajstić information content (AvgIpc) is 1.61. The van der Waals surface area contributed by atoms with Crippen LogP contribution in [-0.2, 0) is 0 Å². The van der Waals surface area contributed by atoms with Gasteiger partial charge in [-0.2, -0.15) is 293 Å². The Labute approximate surface area is 817 Å². The van der Waals surface area contributed by atoms with Crippen LogP contribution in [0.25, 0.3) is 0 Å². The predicted molar refractivity (Wildman–Crippen MR) is 583 cm³/mol. The number of hydrogen-bond donors (Lipinski definition) is 12. The molecule has 36 unspecified atom stereocenters. The van der Waals surface area contributed by atoms with E-state index in [4.69, 9.17) is 0 Å². The van der Waals surface area contributed by atoms with E-state index in [1.807, 2.05) is 0 Å². The van der Waals surface area contributed by atoms with Gasteiger partial charge in [-0.05, 0) is 438 Å². The van der Waals surface area contributed by atoms with E-state index in [0.29, 0.717) is 0 Å². The number of thioether (sulfide) groups is 12. The van der Waals surface area contributed by atoms with Gasteiger partial charge in [0.2, 0.25) is 0 Å². The third-order valence-electron chi connectivity index (χ3n) is 32.7.